The van der Waals surface area contributed by atoms with Crippen molar-refractivity contribution >= 4 is 22.4 Å². The van der Waals surface area contributed by atoms with E-state index >= 15 is 0 Å². The zero-order valence-corrected chi connectivity index (χ0v) is 15.1. The lowest BCUT2D eigenvalue weighted by Gasteiger charge is -2.25. The van der Waals surface area contributed by atoms with Crippen molar-refractivity contribution < 1.29 is 9.53 Å². The molecule has 3 aromatic rings. The molecule has 6 nitrogen and oxygen atoms in total. The third-order valence-electron chi connectivity index (χ3n) is 4.27. The molecule has 1 aliphatic heterocycles. The molecule has 4 rings (SSSR count). The fourth-order valence-corrected chi connectivity index (χ4v) is 3.61. The minimum Gasteiger partial charge on any atom is -0.379 e. The van der Waals surface area contributed by atoms with Gasteiger partial charge in [-0.2, -0.15) is 0 Å². The molecular weight excluding hydrogens is 348 g/mol. The van der Waals surface area contributed by atoms with Gasteiger partial charge in [-0.1, -0.05) is 6.07 Å². The summed E-state index contributed by atoms with van der Waals surface area (Å²) in [7, 11) is 0. The van der Waals surface area contributed by atoms with Gasteiger partial charge in [0, 0.05) is 48.7 Å². The molecule has 1 saturated heterocycles. The van der Waals surface area contributed by atoms with Crippen LogP contribution in [0.15, 0.2) is 54.2 Å². The molecular formula is C19H20N4O2S. The van der Waals surface area contributed by atoms with Crippen LogP contribution in [0, 0.1) is 0 Å². The smallest absolute Gasteiger partial charge is 0.257 e. The van der Waals surface area contributed by atoms with Crippen LogP contribution in [0.2, 0.25) is 0 Å². The number of rotatable bonds is 5. The summed E-state index contributed by atoms with van der Waals surface area (Å²) in [6, 6.07) is 11.5. The predicted octanol–water partition coefficient (Wildman–Crippen LogP) is 3.02. The van der Waals surface area contributed by atoms with Crippen molar-refractivity contribution in [3.63, 3.8) is 0 Å². The van der Waals surface area contributed by atoms with Gasteiger partial charge in [0.05, 0.1) is 18.9 Å². The summed E-state index contributed by atoms with van der Waals surface area (Å²) >= 11 is 1.46. The summed E-state index contributed by atoms with van der Waals surface area (Å²) in [6.45, 7) is 4.17. The number of aromatic nitrogens is 2. The van der Waals surface area contributed by atoms with Crippen LogP contribution in [0.5, 0.6) is 0 Å². The molecule has 1 N–H and O–H groups in total. The van der Waals surface area contributed by atoms with E-state index in [2.05, 4.69) is 15.2 Å². The first-order valence-electron chi connectivity index (χ1n) is 8.57. The van der Waals surface area contributed by atoms with Crippen LogP contribution in [0.25, 0.3) is 5.69 Å². The van der Waals surface area contributed by atoms with E-state index in [1.54, 1.807) is 0 Å². The molecule has 7 heteroatoms. The molecule has 0 unspecified atom stereocenters. The van der Waals surface area contributed by atoms with Crippen LogP contribution in [0.4, 0.5) is 5.13 Å². The monoisotopic (exact) mass is 368 g/mol. The van der Waals surface area contributed by atoms with Gasteiger partial charge in [0.25, 0.3) is 5.91 Å². The van der Waals surface area contributed by atoms with Gasteiger partial charge >= 0.3 is 0 Å². The predicted molar refractivity (Wildman–Crippen MR) is 102 cm³/mol. The first-order chi connectivity index (χ1) is 12.8. The third-order valence-corrected chi connectivity index (χ3v) is 5.08. The van der Waals surface area contributed by atoms with E-state index in [0.717, 1.165) is 44.2 Å². The van der Waals surface area contributed by atoms with E-state index in [1.807, 2.05) is 58.7 Å². The number of thiazole rings is 1. The Morgan fingerprint density at radius 2 is 2.00 bits per heavy atom. The molecule has 0 atom stereocenters. The van der Waals surface area contributed by atoms with Gasteiger partial charge in [-0.3, -0.25) is 15.0 Å². The zero-order chi connectivity index (χ0) is 17.8. The maximum atomic E-state index is 12.6. The van der Waals surface area contributed by atoms with Crippen LogP contribution < -0.4 is 5.32 Å². The summed E-state index contributed by atoms with van der Waals surface area (Å²) in [4.78, 5) is 19.4. The highest BCUT2D eigenvalue weighted by atomic mass is 32.1. The average molecular weight is 368 g/mol. The number of hydrogen-bond donors (Lipinski definition) is 1. The van der Waals surface area contributed by atoms with Crippen molar-refractivity contribution in [2.24, 2.45) is 0 Å². The molecule has 134 valence electrons. The van der Waals surface area contributed by atoms with Crippen molar-refractivity contribution in [2.45, 2.75) is 6.54 Å². The molecule has 0 spiro atoms. The number of nitrogens with zero attached hydrogens (tertiary/aromatic N) is 3. The lowest BCUT2D eigenvalue weighted by atomic mass is 10.2. The quantitative estimate of drug-likeness (QED) is 0.752. The van der Waals surface area contributed by atoms with Gasteiger partial charge in [0.2, 0.25) is 0 Å². The molecule has 2 aromatic heterocycles. The molecule has 0 bridgehead atoms. The van der Waals surface area contributed by atoms with E-state index < -0.39 is 0 Å². The molecule has 3 heterocycles. The van der Waals surface area contributed by atoms with Crippen LogP contribution in [-0.2, 0) is 11.3 Å². The Bertz CT molecular complexity index is 869. The fraction of sp³-hybridized carbons (Fsp3) is 0.263. The zero-order valence-electron chi connectivity index (χ0n) is 14.3. The number of amides is 1. The molecule has 1 aliphatic rings. The summed E-state index contributed by atoms with van der Waals surface area (Å²) < 4.78 is 7.34. The maximum Gasteiger partial charge on any atom is 0.257 e. The lowest BCUT2D eigenvalue weighted by molar-refractivity contribution is 0.0337. The number of hydrogen-bond acceptors (Lipinski definition) is 5. The van der Waals surface area contributed by atoms with Crippen LogP contribution in [0.3, 0.4) is 0 Å². The number of ether oxygens (including phenoxy) is 1. The molecule has 1 fully saturated rings. The fourth-order valence-electron chi connectivity index (χ4n) is 2.91. The first-order valence-corrected chi connectivity index (χ1v) is 9.45. The van der Waals surface area contributed by atoms with Crippen LogP contribution in [-0.4, -0.2) is 46.7 Å². The maximum absolute atomic E-state index is 12.6. The summed E-state index contributed by atoms with van der Waals surface area (Å²) in [5, 5.41) is 5.53. The number of carbonyl (C=O) groups excluding carboxylic acids is 1. The number of nitrogens with one attached hydrogen (secondary N) is 1. The van der Waals surface area contributed by atoms with Gasteiger partial charge in [0.1, 0.15) is 0 Å². The second-order valence-electron chi connectivity index (χ2n) is 6.13. The van der Waals surface area contributed by atoms with Crippen molar-refractivity contribution in [3.8, 4) is 5.69 Å². The Kier molecular flexibility index (Phi) is 5.10. The highest BCUT2D eigenvalue weighted by molar-refractivity contribution is 7.13. The Balaban J connectivity index is 1.41. The Morgan fingerprint density at radius 3 is 2.81 bits per heavy atom. The van der Waals surface area contributed by atoms with Gasteiger partial charge < -0.3 is 9.30 Å². The van der Waals surface area contributed by atoms with E-state index in [0.29, 0.717) is 10.7 Å². The van der Waals surface area contributed by atoms with E-state index in [4.69, 9.17) is 4.74 Å². The standard InChI is InChI=1S/C19H20N4O2S/c24-18(15-4-3-5-17(12-15)23-6-1-2-7-23)21-19-20-16(14-26-19)13-22-8-10-25-11-9-22/h1-7,12,14H,8-11,13H2,(H,20,21,24). The van der Waals surface area contributed by atoms with E-state index in [1.165, 1.54) is 11.3 Å². The Morgan fingerprint density at radius 1 is 1.19 bits per heavy atom. The number of anilines is 1. The number of carbonyl (C=O) groups is 1. The molecule has 0 saturated carbocycles. The second kappa shape index (κ2) is 7.82. The lowest BCUT2D eigenvalue weighted by Crippen LogP contribution is -2.35. The normalized spacial score (nSPS) is 15.1. The van der Waals surface area contributed by atoms with Crippen molar-refractivity contribution in [1.82, 2.24) is 14.5 Å². The highest BCUT2D eigenvalue weighted by Crippen LogP contribution is 2.19. The minimum absolute atomic E-state index is 0.147. The molecule has 0 aliphatic carbocycles. The molecule has 1 aromatic carbocycles. The number of benzene rings is 1. The van der Waals surface area contributed by atoms with Crippen molar-refractivity contribution in [2.75, 3.05) is 31.6 Å². The van der Waals surface area contributed by atoms with Crippen LogP contribution in [0.1, 0.15) is 16.1 Å². The molecule has 1 amide bonds. The summed E-state index contributed by atoms with van der Waals surface area (Å²) in [5.74, 6) is -0.147. The molecule has 26 heavy (non-hydrogen) atoms. The largest absolute Gasteiger partial charge is 0.379 e. The average Bonchev–Trinajstić information content (AvgIpc) is 3.35. The molecule has 0 radical (unpaired) electrons. The number of morpholine rings is 1. The highest BCUT2D eigenvalue weighted by Gasteiger charge is 2.14. The minimum atomic E-state index is -0.147. The first kappa shape index (κ1) is 17.0. The summed E-state index contributed by atoms with van der Waals surface area (Å²) in [6.07, 6.45) is 3.91. The van der Waals surface area contributed by atoms with Gasteiger partial charge in [0.15, 0.2) is 5.13 Å². The summed E-state index contributed by atoms with van der Waals surface area (Å²) in [5.41, 5.74) is 2.55. The topological polar surface area (TPSA) is 59.4 Å². The van der Waals surface area contributed by atoms with Gasteiger partial charge in [-0.05, 0) is 30.3 Å². The van der Waals surface area contributed by atoms with Crippen molar-refractivity contribution in [3.05, 3.63) is 65.4 Å². The van der Waals surface area contributed by atoms with Crippen molar-refractivity contribution in [1.29, 1.82) is 0 Å². The van der Waals surface area contributed by atoms with E-state index in [-0.39, 0.29) is 5.91 Å². The van der Waals surface area contributed by atoms with E-state index in [9.17, 15) is 4.79 Å². The third kappa shape index (κ3) is 4.01. The SMILES string of the molecule is O=C(Nc1nc(CN2CCOCC2)cs1)c1cccc(-n2cccc2)c1. The van der Waals surface area contributed by atoms with Crippen LogP contribution >= 0.6 is 11.3 Å². The van der Waals surface area contributed by atoms with Gasteiger partial charge in [-0.25, -0.2) is 4.98 Å². The Labute approximate surface area is 156 Å². The Hall–Kier alpha value is -2.48. The second-order valence-corrected chi connectivity index (χ2v) is 6.99. The van der Waals surface area contributed by atoms with Gasteiger partial charge in [-0.15, -0.1) is 11.3 Å².